The molecule has 0 aliphatic heterocycles. The Morgan fingerprint density at radius 3 is 2.30 bits per heavy atom. The maximum Gasteiger partial charge on any atom is 0.286 e. The molecule has 0 fully saturated rings. The van der Waals surface area contributed by atoms with Crippen LogP contribution < -0.4 is 10.2 Å². The molecule has 0 aliphatic carbocycles. The lowest BCUT2D eigenvalue weighted by Crippen LogP contribution is -2.29. The van der Waals surface area contributed by atoms with Crippen molar-refractivity contribution in [3.8, 4) is 0 Å². The van der Waals surface area contributed by atoms with Gasteiger partial charge in [-0.2, -0.15) is 0 Å². The van der Waals surface area contributed by atoms with Gasteiger partial charge in [-0.15, -0.1) is 0 Å². The summed E-state index contributed by atoms with van der Waals surface area (Å²) in [7, 11) is -3.52. The highest BCUT2D eigenvalue weighted by Crippen LogP contribution is 2.18. The number of anilines is 1. The number of furan rings is 1. The van der Waals surface area contributed by atoms with Crippen LogP contribution in [0.15, 0.2) is 82.1 Å². The van der Waals surface area contributed by atoms with E-state index in [0.29, 0.717) is 6.54 Å². The first kappa shape index (κ1) is 21.6. The van der Waals surface area contributed by atoms with E-state index in [4.69, 9.17) is 4.42 Å². The molecule has 3 aromatic rings. The molecule has 0 spiro atoms. The SMILES string of the molecule is CCN(CCCNC(=O)c1ccc(CS(=O)(=O)c2ccccc2)o1)c1ccccc1. The minimum atomic E-state index is -3.52. The van der Waals surface area contributed by atoms with Gasteiger partial charge in [-0.1, -0.05) is 36.4 Å². The molecule has 1 heterocycles. The summed E-state index contributed by atoms with van der Waals surface area (Å²) in [6.07, 6.45) is 0.782. The van der Waals surface area contributed by atoms with E-state index in [1.54, 1.807) is 30.3 Å². The number of hydrogen-bond acceptors (Lipinski definition) is 5. The van der Waals surface area contributed by atoms with Crippen molar-refractivity contribution in [3.63, 3.8) is 0 Å². The number of sulfone groups is 1. The van der Waals surface area contributed by atoms with Crippen molar-refractivity contribution < 1.29 is 17.6 Å². The zero-order valence-electron chi connectivity index (χ0n) is 17.0. The fraction of sp³-hybridized carbons (Fsp3) is 0.261. The van der Waals surface area contributed by atoms with Gasteiger partial charge in [-0.25, -0.2) is 8.42 Å². The molecule has 0 bridgehead atoms. The summed E-state index contributed by atoms with van der Waals surface area (Å²) in [4.78, 5) is 14.8. The molecule has 1 aromatic heterocycles. The van der Waals surface area contributed by atoms with Crippen LogP contribution in [-0.4, -0.2) is 34.0 Å². The molecule has 30 heavy (non-hydrogen) atoms. The van der Waals surface area contributed by atoms with E-state index in [9.17, 15) is 13.2 Å². The zero-order chi connectivity index (χ0) is 21.4. The van der Waals surface area contributed by atoms with Crippen LogP contribution >= 0.6 is 0 Å². The van der Waals surface area contributed by atoms with Gasteiger partial charge >= 0.3 is 0 Å². The first-order valence-corrected chi connectivity index (χ1v) is 11.6. The number of amides is 1. The number of benzene rings is 2. The highest BCUT2D eigenvalue weighted by molar-refractivity contribution is 7.90. The number of hydrogen-bond donors (Lipinski definition) is 1. The van der Waals surface area contributed by atoms with Gasteiger partial charge in [0.2, 0.25) is 0 Å². The molecular weight excluding hydrogens is 400 g/mol. The largest absolute Gasteiger partial charge is 0.455 e. The number of carbonyl (C=O) groups is 1. The van der Waals surface area contributed by atoms with E-state index in [1.807, 2.05) is 18.2 Å². The molecule has 0 saturated heterocycles. The summed E-state index contributed by atoms with van der Waals surface area (Å²) in [6, 6.07) is 21.4. The molecule has 0 radical (unpaired) electrons. The first-order valence-electron chi connectivity index (χ1n) is 9.94. The van der Waals surface area contributed by atoms with E-state index >= 15 is 0 Å². The summed E-state index contributed by atoms with van der Waals surface area (Å²) in [6.45, 7) is 4.30. The van der Waals surface area contributed by atoms with Gasteiger partial charge in [-0.05, 0) is 49.7 Å². The monoisotopic (exact) mass is 426 g/mol. The van der Waals surface area contributed by atoms with Gasteiger partial charge in [0.1, 0.15) is 11.5 Å². The minimum Gasteiger partial charge on any atom is -0.455 e. The molecule has 0 aliphatic rings. The maximum atomic E-state index is 12.4. The second-order valence-electron chi connectivity index (χ2n) is 6.86. The van der Waals surface area contributed by atoms with Crippen molar-refractivity contribution in [3.05, 3.63) is 84.3 Å². The minimum absolute atomic E-state index is 0.115. The molecule has 0 atom stereocenters. The van der Waals surface area contributed by atoms with E-state index in [2.05, 4.69) is 29.3 Å². The van der Waals surface area contributed by atoms with Gasteiger partial charge in [0.15, 0.2) is 15.6 Å². The highest BCUT2D eigenvalue weighted by atomic mass is 32.2. The summed E-state index contributed by atoms with van der Waals surface area (Å²) in [5.74, 6) is -0.276. The summed E-state index contributed by atoms with van der Waals surface area (Å²) in [5, 5.41) is 2.83. The van der Waals surface area contributed by atoms with Crippen molar-refractivity contribution in [1.82, 2.24) is 5.32 Å². The molecule has 0 unspecified atom stereocenters. The van der Waals surface area contributed by atoms with Crippen LogP contribution in [0.25, 0.3) is 0 Å². The van der Waals surface area contributed by atoms with Crippen LogP contribution in [0.5, 0.6) is 0 Å². The second-order valence-corrected chi connectivity index (χ2v) is 8.85. The van der Waals surface area contributed by atoms with Gasteiger partial charge < -0.3 is 14.6 Å². The van der Waals surface area contributed by atoms with Crippen molar-refractivity contribution in [2.45, 2.75) is 24.0 Å². The van der Waals surface area contributed by atoms with Gasteiger partial charge in [-0.3, -0.25) is 4.79 Å². The third-order valence-corrected chi connectivity index (χ3v) is 6.37. The van der Waals surface area contributed by atoms with E-state index < -0.39 is 9.84 Å². The van der Waals surface area contributed by atoms with Crippen molar-refractivity contribution in [2.24, 2.45) is 0 Å². The highest BCUT2D eigenvalue weighted by Gasteiger charge is 2.19. The van der Waals surface area contributed by atoms with Crippen LogP contribution in [0.4, 0.5) is 5.69 Å². The van der Waals surface area contributed by atoms with Crippen molar-refractivity contribution >= 4 is 21.4 Å². The first-order chi connectivity index (χ1) is 14.5. The quantitative estimate of drug-likeness (QED) is 0.498. The summed E-state index contributed by atoms with van der Waals surface area (Å²) < 4.78 is 30.3. The third kappa shape index (κ3) is 5.73. The Bertz CT molecular complexity index is 1050. The predicted octanol–water partition coefficient (Wildman–Crippen LogP) is 3.90. The topological polar surface area (TPSA) is 79.6 Å². The molecule has 158 valence electrons. The zero-order valence-corrected chi connectivity index (χ0v) is 17.8. The Balaban J connectivity index is 1.49. The fourth-order valence-electron chi connectivity index (χ4n) is 3.14. The van der Waals surface area contributed by atoms with E-state index in [-0.39, 0.29) is 28.1 Å². The Morgan fingerprint density at radius 2 is 1.63 bits per heavy atom. The number of nitrogens with one attached hydrogen (secondary N) is 1. The Kier molecular flexibility index (Phi) is 7.30. The number of carbonyl (C=O) groups excluding carboxylic acids is 1. The number of nitrogens with zero attached hydrogens (tertiary/aromatic N) is 1. The standard InChI is InChI=1S/C23H26N2O4S/c1-2-25(19-10-5-3-6-11-19)17-9-16-24-23(26)22-15-14-20(29-22)18-30(27,28)21-12-7-4-8-13-21/h3-8,10-15H,2,9,16-18H2,1H3,(H,24,26). The molecule has 1 N–H and O–H groups in total. The van der Waals surface area contributed by atoms with Crippen LogP contribution in [0.2, 0.25) is 0 Å². The Morgan fingerprint density at radius 1 is 0.967 bits per heavy atom. The molecular formula is C23H26N2O4S. The molecule has 6 nitrogen and oxygen atoms in total. The fourth-order valence-corrected chi connectivity index (χ4v) is 4.41. The molecule has 0 saturated carbocycles. The van der Waals surface area contributed by atoms with Crippen LogP contribution in [0.1, 0.15) is 29.7 Å². The van der Waals surface area contributed by atoms with Crippen LogP contribution in [-0.2, 0) is 15.6 Å². The van der Waals surface area contributed by atoms with Gasteiger partial charge in [0.05, 0.1) is 4.90 Å². The average Bonchev–Trinajstić information content (AvgIpc) is 3.23. The predicted molar refractivity (Wildman–Crippen MR) is 117 cm³/mol. The smallest absolute Gasteiger partial charge is 0.286 e. The van der Waals surface area contributed by atoms with Gasteiger partial charge in [0, 0.05) is 25.3 Å². The number of rotatable bonds is 10. The lowest BCUT2D eigenvalue weighted by molar-refractivity contribution is 0.0924. The Hall–Kier alpha value is -3.06. The van der Waals surface area contributed by atoms with Crippen molar-refractivity contribution in [1.29, 1.82) is 0 Å². The van der Waals surface area contributed by atoms with Crippen molar-refractivity contribution in [2.75, 3.05) is 24.5 Å². The third-order valence-electron chi connectivity index (χ3n) is 4.71. The maximum absolute atomic E-state index is 12.4. The van der Waals surface area contributed by atoms with E-state index in [0.717, 1.165) is 25.2 Å². The number of para-hydroxylation sites is 1. The van der Waals surface area contributed by atoms with E-state index in [1.165, 1.54) is 12.1 Å². The Labute approximate surface area is 177 Å². The second kappa shape index (κ2) is 10.1. The molecule has 3 rings (SSSR count). The molecule has 1 amide bonds. The van der Waals surface area contributed by atoms with Crippen LogP contribution in [0, 0.1) is 0 Å². The summed E-state index contributed by atoms with van der Waals surface area (Å²) in [5.41, 5.74) is 1.15. The van der Waals surface area contributed by atoms with Crippen LogP contribution in [0.3, 0.4) is 0 Å². The molecule has 2 aromatic carbocycles. The lowest BCUT2D eigenvalue weighted by atomic mass is 10.2. The average molecular weight is 427 g/mol. The van der Waals surface area contributed by atoms with Gasteiger partial charge in [0.25, 0.3) is 5.91 Å². The normalized spacial score (nSPS) is 11.2. The molecule has 7 heteroatoms. The summed E-state index contributed by atoms with van der Waals surface area (Å²) >= 11 is 0. The lowest BCUT2D eigenvalue weighted by Gasteiger charge is -2.23.